The van der Waals surface area contributed by atoms with Gasteiger partial charge < -0.3 is 9.83 Å². The summed E-state index contributed by atoms with van der Waals surface area (Å²) in [5.74, 6) is 0. The van der Waals surface area contributed by atoms with E-state index in [1.807, 2.05) is 72.2 Å². The lowest BCUT2D eigenvalue weighted by atomic mass is 10.1. The van der Waals surface area contributed by atoms with Gasteiger partial charge in [-0.25, -0.2) is 4.98 Å². The third kappa shape index (κ3) is 2.69. The van der Waals surface area contributed by atoms with Crippen molar-refractivity contribution < 1.29 is 0 Å². The standard InChI is InChI=1S/C16H16N4/c1-13(14-7-3-2-4-8-14)19-17-11-15-12-20-10-6-5-9-16(20)18-15/h2-10,12,17H,11H2,1H3. The van der Waals surface area contributed by atoms with Gasteiger partial charge in [-0.2, -0.15) is 5.10 Å². The van der Waals surface area contributed by atoms with Crippen molar-refractivity contribution in [1.82, 2.24) is 14.8 Å². The Kier molecular flexibility index (Phi) is 3.46. The quantitative estimate of drug-likeness (QED) is 0.581. The molecule has 0 spiro atoms. The summed E-state index contributed by atoms with van der Waals surface area (Å²) in [6.07, 6.45) is 4.00. The average molecular weight is 264 g/mol. The van der Waals surface area contributed by atoms with Crippen molar-refractivity contribution in [1.29, 1.82) is 0 Å². The fourth-order valence-electron chi connectivity index (χ4n) is 2.06. The summed E-state index contributed by atoms with van der Waals surface area (Å²) in [5.41, 5.74) is 7.09. The number of nitrogens with one attached hydrogen (secondary N) is 1. The van der Waals surface area contributed by atoms with Gasteiger partial charge in [0.25, 0.3) is 0 Å². The van der Waals surface area contributed by atoms with Crippen LogP contribution < -0.4 is 5.43 Å². The molecule has 3 aromatic rings. The number of hydrogen-bond donors (Lipinski definition) is 1. The Labute approximate surface area is 117 Å². The molecule has 0 aliphatic heterocycles. The van der Waals surface area contributed by atoms with Crippen molar-refractivity contribution in [2.45, 2.75) is 13.5 Å². The van der Waals surface area contributed by atoms with Gasteiger partial charge in [0.15, 0.2) is 0 Å². The van der Waals surface area contributed by atoms with Crippen LogP contribution in [0.2, 0.25) is 0 Å². The van der Waals surface area contributed by atoms with E-state index in [0.29, 0.717) is 6.54 Å². The number of hydrazone groups is 1. The third-order valence-corrected chi connectivity index (χ3v) is 3.11. The maximum absolute atomic E-state index is 4.51. The molecule has 0 amide bonds. The number of imidazole rings is 1. The molecule has 20 heavy (non-hydrogen) atoms. The Balaban J connectivity index is 1.67. The van der Waals surface area contributed by atoms with Gasteiger partial charge in [-0.15, -0.1) is 0 Å². The van der Waals surface area contributed by atoms with Crippen molar-refractivity contribution in [3.8, 4) is 0 Å². The normalized spacial score (nSPS) is 11.8. The van der Waals surface area contributed by atoms with E-state index >= 15 is 0 Å². The molecule has 3 rings (SSSR count). The summed E-state index contributed by atoms with van der Waals surface area (Å²) >= 11 is 0. The molecule has 1 aromatic carbocycles. The van der Waals surface area contributed by atoms with Crippen molar-refractivity contribution in [3.63, 3.8) is 0 Å². The zero-order valence-electron chi connectivity index (χ0n) is 11.3. The molecule has 0 saturated carbocycles. The number of hydrogen-bond acceptors (Lipinski definition) is 3. The smallest absolute Gasteiger partial charge is 0.137 e. The Bertz CT molecular complexity index is 695. The Morgan fingerprint density at radius 1 is 1.15 bits per heavy atom. The minimum atomic E-state index is 0.617. The molecule has 0 bridgehead atoms. The van der Waals surface area contributed by atoms with E-state index < -0.39 is 0 Å². The first-order valence-electron chi connectivity index (χ1n) is 6.58. The second-order valence-electron chi connectivity index (χ2n) is 4.60. The zero-order chi connectivity index (χ0) is 13.8. The number of nitrogens with zero attached hydrogens (tertiary/aromatic N) is 3. The van der Waals surface area contributed by atoms with E-state index in [9.17, 15) is 0 Å². The van der Waals surface area contributed by atoms with Gasteiger partial charge in [-0.1, -0.05) is 36.4 Å². The summed E-state index contributed by atoms with van der Waals surface area (Å²) < 4.78 is 2.00. The monoisotopic (exact) mass is 264 g/mol. The molecule has 0 fully saturated rings. The molecule has 0 radical (unpaired) electrons. The van der Waals surface area contributed by atoms with Crippen molar-refractivity contribution >= 4 is 11.4 Å². The Hall–Kier alpha value is -2.62. The molecule has 2 aromatic heterocycles. The molecule has 4 nitrogen and oxygen atoms in total. The lowest BCUT2D eigenvalue weighted by Crippen LogP contribution is -2.09. The number of pyridine rings is 1. The number of benzene rings is 1. The highest BCUT2D eigenvalue weighted by Gasteiger charge is 2.00. The molecule has 4 heteroatoms. The molecule has 0 saturated heterocycles. The number of fused-ring (bicyclic) bond motifs is 1. The maximum atomic E-state index is 4.51. The van der Waals surface area contributed by atoms with E-state index in [1.165, 1.54) is 0 Å². The van der Waals surface area contributed by atoms with E-state index in [4.69, 9.17) is 0 Å². The molecular weight excluding hydrogens is 248 g/mol. The van der Waals surface area contributed by atoms with Crippen LogP contribution in [-0.4, -0.2) is 15.1 Å². The number of rotatable bonds is 4. The van der Waals surface area contributed by atoms with E-state index in [0.717, 1.165) is 22.6 Å². The maximum Gasteiger partial charge on any atom is 0.137 e. The first-order valence-corrected chi connectivity index (χ1v) is 6.58. The van der Waals surface area contributed by atoms with Crippen molar-refractivity contribution in [2.75, 3.05) is 0 Å². The fourth-order valence-corrected chi connectivity index (χ4v) is 2.06. The predicted molar refractivity (Wildman–Crippen MR) is 80.7 cm³/mol. The lowest BCUT2D eigenvalue weighted by Gasteiger charge is -2.01. The second kappa shape index (κ2) is 5.57. The van der Waals surface area contributed by atoms with Gasteiger partial charge in [-0.3, -0.25) is 0 Å². The summed E-state index contributed by atoms with van der Waals surface area (Å²) in [6.45, 7) is 2.61. The summed E-state index contributed by atoms with van der Waals surface area (Å²) in [6, 6.07) is 16.1. The van der Waals surface area contributed by atoms with Gasteiger partial charge in [0.1, 0.15) is 5.65 Å². The summed E-state index contributed by atoms with van der Waals surface area (Å²) in [7, 11) is 0. The first-order chi connectivity index (χ1) is 9.83. The van der Waals surface area contributed by atoms with Crippen LogP contribution in [0.3, 0.4) is 0 Å². The van der Waals surface area contributed by atoms with Crippen LogP contribution in [0.15, 0.2) is 66.0 Å². The van der Waals surface area contributed by atoms with Gasteiger partial charge in [0.2, 0.25) is 0 Å². The molecule has 0 aliphatic carbocycles. The van der Waals surface area contributed by atoms with Gasteiger partial charge in [0.05, 0.1) is 18.0 Å². The van der Waals surface area contributed by atoms with E-state index in [-0.39, 0.29) is 0 Å². The van der Waals surface area contributed by atoms with E-state index in [1.54, 1.807) is 0 Å². The predicted octanol–water partition coefficient (Wildman–Crippen LogP) is 2.85. The second-order valence-corrected chi connectivity index (χ2v) is 4.60. The number of aromatic nitrogens is 2. The van der Waals surface area contributed by atoms with Gasteiger partial charge in [0, 0.05) is 12.4 Å². The highest BCUT2D eigenvalue weighted by Crippen LogP contribution is 2.04. The summed E-state index contributed by atoms with van der Waals surface area (Å²) in [5, 5.41) is 4.38. The van der Waals surface area contributed by atoms with Crippen LogP contribution in [0, 0.1) is 0 Å². The van der Waals surface area contributed by atoms with Gasteiger partial charge >= 0.3 is 0 Å². The topological polar surface area (TPSA) is 41.7 Å². The SMILES string of the molecule is CC(=NNCc1cn2ccccc2n1)c1ccccc1. The molecule has 0 atom stereocenters. The molecular formula is C16H16N4. The van der Waals surface area contributed by atoms with E-state index in [2.05, 4.69) is 15.5 Å². The lowest BCUT2D eigenvalue weighted by molar-refractivity contribution is 0.730. The molecule has 100 valence electrons. The summed E-state index contributed by atoms with van der Waals surface area (Å²) in [4.78, 5) is 4.51. The molecule has 2 heterocycles. The van der Waals surface area contributed by atoms with Crippen LogP contribution in [-0.2, 0) is 6.54 Å². The molecule has 0 aliphatic rings. The van der Waals surface area contributed by atoms with Crippen LogP contribution in [0.5, 0.6) is 0 Å². The Morgan fingerprint density at radius 3 is 2.75 bits per heavy atom. The van der Waals surface area contributed by atoms with Crippen molar-refractivity contribution in [2.24, 2.45) is 5.10 Å². The highest BCUT2D eigenvalue weighted by atomic mass is 15.3. The largest absolute Gasteiger partial charge is 0.307 e. The van der Waals surface area contributed by atoms with Crippen molar-refractivity contribution in [3.05, 3.63) is 72.2 Å². The Morgan fingerprint density at radius 2 is 1.95 bits per heavy atom. The average Bonchev–Trinajstić information content (AvgIpc) is 2.90. The fraction of sp³-hybridized carbons (Fsp3) is 0.125. The molecule has 1 N–H and O–H groups in total. The first kappa shape index (κ1) is 12.4. The van der Waals surface area contributed by atoms with Crippen LogP contribution in [0.25, 0.3) is 5.65 Å². The highest BCUT2D eigenvalue weighted by molar-refractivity contribution is 5.98. The zero-order valence-corrected chi connectivity index (χ0v) is 11.3. The van der Waals surface area contributed by atoms with Gasteiger partial charge in [-0.05, 0) is 24.6 Å². The minimum Gasteiger partial charge on any atom is -0.307 e. The van der Waals surface area contributed by atoms with Crippen LogP contribution in [0.4, 0.5) is 0 Å². The van der Waals surface area contributed by atoms with Crippen LogP contribution in [0.1, 0.15) is 18.2 Å². The third-order valence-electron chi connectivity index (χ3n) is 3.11. The minimum absolute atomic E-state index is 0.617. The molecule has 0 unspecified atom stereocenters. The van der Waals surface area contributed by atoms with Crippen LogP contribution >= 0.6 is 0 Å².